The number of benzene rings is 2. The van der Waals surface area contributed by atoms with E-state index in [9.17, 15) is 19.2 Å². The fourth-order valence-electron chi connectivity index (χ4n) is 6.24. The maximum Gasteiger partial charge on any atom is 0.273 e. The van der Waals surface area contributed by atoms with E-state index in [1.54, 1.807) is 101 Å². The van der Waals surface area contributed by atoms with Gasteiger partial charge in [0.05, 0.1) is 6.20 Å². The van der Waals surface area contributed by atoms with Crippen molar-refractivity contribution >= 4 is 35.0 Å². The first kappa shape index (κ1) is 31.4. The predicted molar refractivity (Wildman–Crippen MR) is 181 cm³/mol. The Kier molecular flexibility index (Phi) is 8.92. The molecule has 12 nitrogen and oxygen atoms in total. The van der Waals surface area contributed by atoms with Gasteiger partial charge < -0.3 is 24.9 Å². The van der Waals surface area contributed by atoms with E-state index in [-0.39, 0.29) is 23.6 Å². The average Bonchev–Trinajstić information content (AvgIpc) is 3.94. The molecular formula is C37H33N7O5. The normalized spacial score (nSPS) is 17.1. The number of aromatic nitrogens is 3. The van der Waals surface area contributed by atoms with Gasteiger partial charge in [0, 0.05) is 48.0 Å². The molecule has 2 aromatic carbocycles. The Morgan fingerprint density at radius 1 is 0.612 bits per heavy atom. The van der Waals surface area contributed by atoms with Crippen molar-refractivity contribution < 1.29 is 23.6 Å². The minimum atomic E-state index is -0.568. The Bertz CT molecular complexity index is 1820. The second kappa shape index (κ2) is 13.9. The van der Waals surface area contributed by atoms with E-state index in [1.807, 2.05) is 12.1 Å². The maximum atomic E-state index is 13.1. The fraction of sp³-hybridized carbons (Fsp3) is 0.216. The number of nitrogens with one attached hydrogen (secondary N) is 2. The second-order valence-corrected chi connectivity index (χ2v) is 11.9. The zero-order chi connectivity index (χ0) is 33.7. The van der Waals surface area contributed by atoms with E-state index >= 15 is 0 Å². The highest BCUT2D eigenvalue weighted by Crippen LogP contribution is 2.29. The third kappa shape index (κ3) is 6.79. The summed E-state index contributed by atoms with van der Waals surface area (Å²) in [7, 11) is 0. The van der Waals surface area contributed by atoms with Crippen LogP contribution in [0.2, 0.25) is 0 Å². The number of carbonyl (C=O) groups excluding carboxylic acids is 4. The number of hydrogen-bond donors (Lipinski definition) is 2. The summed E-state index contributed by atoms with van der Waals surface area (Å²) >= 11 is 0. The molecule has 2 saturated heterocycles. The molecule has 7 rings (SSSR count). The molecule has 2 atom stereocenters. The molecule has 0 bridgehead atoms. The molecule has 0 spiro atoms. The topological polar surface area (TPSA) is 151 Å². The van der Waals surface area contributed by atoms with Crippen LogP contribution < -0.4 is 10.6 Å². The van der Waals surface area contributed by atoms with E-state index in [4.69, 9.17) is 4.42 Å². The molecule has 49 heavy (non-hydrogen) atoms. The van der Waals surface area contributed by atoms with E-state index in [1.165, 1.54) is 0 Å². The minimum absolute atomic E-state index is 0.241. The summed E-state index contributed by atoms with van der Waals surface area (Å²) in [6, 6.07) is 23.5. The quantitative estimate of drug-likeness (QED) is 0.229. The van der Waals surface area contributed by atoms with Crippen LogP contribution in [0.3, 0.4) is 0 Å². The molecule has 5 heterocycles. The first-order chi connectivity index (χ1) is 23.9. The van der Waals surface area contributed by atoms with Crippen molar-refractivity contribution in [3.63, 3.8) is 0 Å². The number of anilines is 2. The zero-order valence-electron chi connectivity index (χ0n) is 26.5. The van der Waals surface area contributed by atoms with Crippen molar-refractivity contribution in [2.24, 2.45) is 0 Å². The Morgan fingerprint density at radius 2 is 1.10 bits per heavy atom. The van der Waals surface area contributed by atoms with Crippen LogP contribution in [0.4, 0.5) is 11.4 Å². The van der Waals surface area contributed by atoms with Crippen LogP contribution in [0.25, 0.3) is 22.8 Å². The molecule has 4 amide bonds. The lowest BCUT2D eigenvalue weighted by atomic mass is 10.1. The summed E-state index contributed by atoms with van der Waals surface area (Å²) in [5.41, 5.74) is 3.34. The molecule has 2 fully saturated rings. The van der Waals surface area contributed by atoms with Gasteiger partial charge in [0.2, 0.25) is 17.7 Å². The van der Waals surface area contributed by atoms with Crippen molar-refractivity contribution in [3.05, 3.63) is 115 Å². The predicted octanol–water partition coefficient (Wildman–Crippen LogP) is 5.29. The van der Waals surface area contributed by atoms with Crippen LogP contribution in [0, 0.1) is 0 Å². The van der Waals surface area contributed by atoms with Crippen LogP contribution in [-0.4, -0.2) is 73.6 Å². The number of rotatable bonds is 8. The lowest BCUT2D eigenvalue weighted by molar-refractivity contribution is -0.120. The summed E-state index contributed by atoms with van der Waals surface area (Å²) in [4.78, 5) is 68.0. The van der Waals surface area contributed by atoms with Gasteiger partial charge in [-0.05, 0) is 98.5 Å². The lowest BCUT2D eigenvalue weighted by Crippen LogP contribution is -2.43. The second-order valence-electron chi connectivity index (χ2n) is 11.9. The molecule has 5 aromatic rings. The molecule has 246 valence electrons. The van der Waals surface area contributed by atoms with E-state index in [0.717, 1.165) is 24.0 Å². The minimum Gasteiger partial charge on any atom is -0.436 e. The van der Waals surface area contributed by atoms with E-state index in [0.29, 0.717) is 60.3 Å². The van der Waals surface area contributed by atoms with Crippen LogP contribution >= 0.6 is 0 Å². The third-order valence-corrected chi connectivity index (χ3v) is 8.74. The van der Waals surface area contributed by atoms with Gasteiger partial charge in [0.25, 0.3) is 11.8 Å². The Labute approximate surface area is 282 Å². The van der Waals surface area contributed by atoms with E-state index < -0.39 is 12.1 Å². The van der Waals surface area contributed by atoms with Crippen molar-refractivity contribution in [1.29, 1.82) is 0 Å². The highest BCUT2D eigenvalue weighted by molar-refractivity contribution is 6.02. The number of oxazole rings is 1. The first-order valence-corrected chi connectivity index (χ1v) is 16.2. The fourth-order valence-corrected chi connectivity index (χ4v) is 6.24. The zero-order valence-corrected chi connectivity index (χ0v) is 26.5. The van der Waals surface area contributed by atoms with Gasteiger partial charge in [0.15, 0.2) is 5.76 Å². The van der Waals surface area contributed by atoms with Gasteiger partial charge in [0.1, 0.15) is 23.5 Å². The molecule has 0 saturated carbocycles. The molecular weight excluding hydrogens is 622 g/mol. The summed E-state index contributed by atoms with van der Waals surface area (Å²) in [6.07, 6.45) is 7.42. The number of amides is 4. The van der Waals surface area contributed by atoms with Crippen molar-refractivity contribution in [3.8, 4) is 22.8 Å². The molecule has 12 heteroatoms. The first-order valence-electron chi connectivity index (χ1n) is 16.2. The SMILES string of the molecule is O=C(Nc1ccc(-c2cnc(-c3ccc(NC(=O)C4CCCN4C(=O)c4ccccn4)cc3)o2)cc1)C1CCCN1C(=O)c1ccccn1. The third-order valence-electron chi connectivity index (χ3n) is 8.74. The Morgan fingerprint density at radius 3 is 1.57 bits per heavy atom. The molecule has 0 radical (unpaired) electrons. The smallest absolute Gasteiger partial charge is 0.273 e. The molecule has 2 aliphatic rings. The summed E-state index contributed by atoms with van der Waals surface area (Å²) < 4.78 is 6.04. The number of likely N-dealkylation sites (tertiary alicyclic amines) is 2. The van der Waals surface area contributed by atoms with Gasteiger partial charge in [-0.15, -0.1) is 0 Å². The Balaban J connectivity index is 0.952. The van der Waals surface area contributed by atoms with Gasteiger partial charge >= 0.3 is 0 Å². The monoisotopic (exact) mass is 655 g/mol. The lowest BCUT2D eigenvalue weighted by Gasteiger charge is -2.23. The Hall–Kier alpha value is -6.17. The van der Waals surface area contributed by atoms with Crippen molar-refractivity contribution in [1.82, 2.24) is 24.8 Å². The van der Waals surface area contributed by atoms with Gasteiger partial charge in [-0.1, -0.05) is 12.1 Å². The van der Waals surface area contributed by atoms with Gasteiger partial charge in [-0.2, -0.15) is 0 Å². The number of nitrogens with zero attached hydrogens (tertiary/aromatic N) is 5. The number of hydrogen-bond acceptors (Lipinski definition) is 8. The van der Waals surface area contributed by atoms with Gasteiger partial charge in [-0.25, -0.2) is 4.98 Å². The number of pyridine rings is 2. The van der Waals surface area contributed by atoms with Crippen LogP contribution in [-0.2, 0) is 9.59 Å². The summed E-state index contributed by atoms with van der Waals surface area (Å²) in [5, 5.41) is 5.86. The average molecular weight is 656 g/mol. The van der Waals surface area contributed by atoms with E-state index in [2.05, 4.69) is 25.6 Å². The molecule has 0 aliphatic carbocycles. The summed E-state index contributed by atoms with van der Waals surface area (Å²) in [6.45, 7) is 1.01. The van der Waals surface area contributed by atoms with Crippen LogP contribution in [0.5, 0.6) is 0 Å². The largest absolute Gasteiger partial charge is 0.436 e. The van der Waals surface area contributed by atoms with Crippen LogP contribution in [0.15, 0.2) is 108 Å². The van der Waals surface area contributed by atoms with Crippen molar-refractivity contribution in [2.75, 3.05) is 23.7 Å². The highest BCUT2D eigenvalue weighted by atomic mass is 16.4. The summed E-state index contributed by atoms with van der Waals surface area (Å²) in [5.74, 6) is -0.0297. The van der Waals surface area contributed by atoms with Crippen LogP contribution in [0.1, 0.15) is 46.7 Å². The molecule has 2 unspecified atom stereocenters. The number of carbonyl (C=O) groups is 4. The van der Waals surface area contributed by atoms with Crippen molar-refractivity contribution in [2.45, 2.75) is 37.8 Å². The van der Waals surface area contributed by atoms with Gasteiger partial charge in [-0.3, -0.25) is 29.1 Å². The molecule has 2 aliphatic heterocycles. The standard InChI is InChI=1S/C37H33N7O5/c45-33(30-9-5-21-43(30)36(47)28-7-1-3-19-38-28)41-26-15-11-24(12-16-26)32-23-40-35(49-32)25-13-17-27(18-14-25)42-34(46)31-10-6-22-44(31)37(48)29-8-2-4-20-39-29/h1-4,7-8,11-20,23,30-31H,5-6,9-10,21-22H2,(H,41,45)(H,42,46). The maximum absolute atomic E-state index is 13.1. The highest BCUT2D eigenvalue weighted by Gasteiger charge is 2.36. The molecule has 2 N–H and O–H groups in total. The molecule has 3 aromatic heterocycles.